The van der Waals surface area contributed by atoms with Gasteiger partial charge >= 0.3 is 0 Å². The van der Waals surface area contributed by atoms with E-state index in [1.165, 1.54) is 12.8 Å². The Hall–Kier alpha value is -0.410. The predicted octanol–water partition coefficient (Wildman–Crippen LogP) is 1.51. The van der Waals surface area contributed by atoms with Gasteiger partial charge in [-0.1, -0.05) is 0 Å². The lowest BCUT2D eigenvalue weighted by atomic mass is 9.88. The first-order valence-corrected chi connectivity index (χ1v) is 6.18. The number of carbonyl (C=O) groups is 1. The third-order valence-corrected chi connectivity index (χ3v) is 3.49. The maximum atomic E-state index is 11.1. The van der Waals surface area contributed by atoms with Crippen LogP contribution >= 0.6 is 0 Å². The molecule has 0 aromatic carbocycles. The number of nitrogens with one attached hydrogen (secondary N) is 1. The maximum absolute atomic E-state index is 11.1. The van der Waals surface area contributed by atoms with E-state index in [2.05, 4.69) is 5.32 Å². The van der Waals surface area contributed by atoms with E-state index in [-0.39, 0.29) is 0 Å². The Balaban J connectivity index is 1.55. The normalized spacial score (nSPS) is 28.5. The SMILES string of the molecule is O=C1CCC(CNCC2CCCO2)CC1. The average molecular weight is 211 g/mol. The topological polar surface area (TPSA) is 38.3 Å². The average Bonchev–Trinajstić information content (AvgIpc) is 2.74. The summed E-state index contributed by atoms with van der Waals surface area (Å²) in [6.07, 6.45) is 6.61. The smallest absolute Gasteiger partial charge is 0.132 e. The molecule has 15 heavy (non-hydrogen) atoms. The fraction of sp³-hybridized carbons (Fsp3) is 0.917. The van der Waals surface area contributed by atoms with Crippen LogP contribution in [0.2, 0.25) is 0 Å². The standard InChI is InChI=1S/C12H21NO2/c14-11-5-3-10(4-6-11)8-13-9-12-2-1-7-15-12/h10,12-13H,1-9H2. The molecule has 3 nitrogen and oxygen atoms in total. The van der Waals surface area contributed by atoms with E-state index in [9.17, 15) is 4.79 Å². The van der Waals surface area contributed by atoms with Gasteiger partial charge in [0, 0.05) is 26.0 Å². The van der Waals surface area contributed by atoms with Crippen molar-refractivity contribution >= 4 is 5.78 Å². The lowest BCUT2D eigenvalue weighted by Gasteiger charge is -2.22. The van der Waals surface area contributed by atoms with Crippen LogP contribution < -0.4 is 5.32 Å². The van der Waals surface area contributed by atoms with E-state index in [1.807, 2.05) is 0 Å². The molecule has 0 aromatic rings. The Morgan fingerprint density at radius 1 is 1.20 bits per heavy atom. The Morgan fingerprint density at radius 3 is 2.67 bits per heavy atom. The second-order valence-electron chi connectivity index (χ2n) is 4.78. The Morgan fingerprint density at radius 2 is 2.00 bits per heavy atom. The number of ether oxygens (including phenoxy) is 1. The molecule has 0 bridgehead atoms. The summed E-state index contributed by atoms with van der Waals surface area (Å²) in [7, 11) is 0. The number of hydrogen-bond acceptors (Lipinski definition) is 3. The highest BCUT2D eigenvalue weighted by atomic mass is 16.5. The molecule has 1 saturated heterocycles. The summed E-state index contributed by atoms with van der Waals surface area (Å²) in [4.78, 5) is 11.1. The number of carbonyl (C=O) groups excluding carboxylic acids is 1. The van der Waals surface area contributed by atoms with Crippen molar-refractivity contribution < 1.29 is 9.53 Å². The third kappa shape index (κ3) is 3.58. The Kier molecular flexibility index (Phi) is 4.15. The number of Topliss-reactive ketones (excluding diaryl/α,β-unsaturated/α-hetero) is 1. The van der Waals surface area contributed by atoms with Gasteiger partial charge in [-0.25, -0.2) is 0 Å². The summed E-state index contributed by atoms with van der Waals surface area (Å²) >= 11 is 0. The first-order chi connectivity index (χ1) is 7.34. The van der Waals surface area contributed by atoms with Crippen molar-refractivity contribution in [2.24, 2.45) is 5.92 Å². The van der Waals surface area contributed by atoms with E-state index < -0.39 is 0 Å². The van der Waals surface area contributed by atoms with Gasteiger partial charge in [-0.2, -0.15) is 0 Å². The van der Waals surface area contributed by atoms with E-state index in [0.717, 1.165) is 45.4 Å². The molecule has 0 spiro atoms. The molecule has 3 heteroatoms. The molecule has 2 fully saturated rings. The predicted molar refractivity (Wildman–Crippen MR) is 58.8 cm³/mol. The minimum Gasteiger partial charge on any atom is -0.377 e. The van der Waals surface area contributed by atoms with E-state index >= 15 is 0 Å². The molecule has 86 valence electrons. The highest BCUT2D eigenvalue weighted by molar-refractivity contribution is 5.79. The van der Waals surface area contributed by atoms with Crippen molar-refractivity contribution in [3.8, 4) is 0 Å². The third-order valence-electron chi connectivity index (χ3n) is 3.49. The number of ketones is 1. The van der Waals surface area contributed by atoms with Crippen molar-refractivity contribution in [2.45, 2.75) is 44.6 Å². The molecule has 1 aliphatic heterocycles. The number of hydrogen-bond donors (Lipinski definition) is 1. The van der Waals surface area contributed by atoms with Gasteiger partial charge < -0.3 is 10.1 Å². The van der Waals surface area contributed by atoms with Crippen molar-refractivity contribution in [1.29, 1.82) is 0 Å². The van der Waals surface area contributed by atoms with Crippen LogP contribution in [0.1, 0.15) is 38.5 Å². The summed E-state index contributed by atoms with van der Waals surface area (Å²) < 4.78 is 5.54. The minimum atomic E-state index is 0.440. The van der Waals surface area contributed by atoms with Gasteiger partial charge in [0.25, 0.3) is 0 Å². The summed E-state index contributed by atoms with van der Waals surface area (Å²) in [5.74, 6) is 1.16. The summed E-state index contributed by atoms with van der Waals surface area (Å²) in [5, 5.41) is 3.48. The molecule has 0 amide bonds. The molecule has 1 unspecified atom stereocenters. The number of rotatable bonds is 4. The monoisotopic (exact) mass is 211 g/mol. The molecular formula is C12H21NO2. The zero-order valence-electron chi connectivity index (χ0n) is 9.34. The highest BCUT2D eigenvalue weighted by Gasteiger charge is 2.19. The van der Waals surface area contributed by atoms with Gasteiger partial charge in [0.1, 0.15) is 5.78 Å². The molecule has 2 rings (SSSR count). The fourth-order valence-electron chi connectivity index (χ4n) is 2.46. The first-order valence-electron chi connectivity index (χ1n) is 6.18. The summed E-state index contributed by atoms with van der Waals surface area (Å²) in [6.45, 7) is 2.99. The largest absolute Gasteiger partial charge is 0.377 e. The molecule has 0 aromatic heterocycles. The van der Waals surface area contributed by atoms with Gasteiger partial charge in [-0.3, -0.25) is 4.79 Å². The van der Waals surface area contributed by atoms with Crippen LogP contribution in [-0.4, -0.2) is 31.6 Å². The van der Waals surface area contributed by atoms with Crippen molar-refractivity contribution in [3.63, 3.8) is 0 Å². The molecule has 2 aliphatic rings. The quantitative estimate of drug-likeness (QED) is 0.766. The van der Waals surface area contributed by atoms with Crippen LogP contribution in [0.3, 0.4) is 0 Å². The molecular weight excluding hydrogens is 190 g/mol. The fourth-order valence-corrected chi connectivity index (χ4v) is 2.46. The molecule has 1 saturated carbocycles. The van der Waals surface area contributed by atoms with Gasteiger partial charge in [-0.15, -0.1) is 0 Å². The lowest BCUT2D eigenvalue weighted by molar-refractivity contribution is -0.120. The van der Waals surface area contributed by atoms with Crippen LogP contribution in [0, 0.1) is 5.92 Å². The van der Waals surface area contributed by atoms with Gasteiger partial charge in [0.05, 0.1) is 6.10 Å². The zero-order valence-corrected chi connectivity index (χ0v) is 9.34. The summed E-state index contributed by atoms with van der Waals surface area (Å²) in [6, 6.07) is 0. The minimum absolute atomic E-state index is 0.440. The van der Waals surface area contributed by atoms with Gasteiger partial charge in [0.15, 0.2) is 0 Å². The molecule has 1 heterocycles. The van der Waals surface area contributed by atoms with Gasteiger partial charge in [-0.05, 0) is 38.1 Å². The van der Waals surface area contributed by atoms with E-state index in [4.69, 9.17) is 4.74 Å². The summed E-state index contributed by atoms with van der Waals surface area (Å²) in [5.41, 5.74) is 0. The van der Waals surface area contributed by atoms with Crippen LogP contribution in [0.15, 0.2) is 0 Å². The molecule has 1 N–H and O–H groups in total. The van der Waals surface area contributed by atoms with E-state index in [0.29, 0.717) is 17.8 Å². The first kappa shape index (κ1) is 11.1. The molecule has 1 atom stereocenters. The Bertz CT molecular complexity index is 202. The zero-order chi connectivity index (χ0) is 10.5. The van der Waals surface area contributed by atoms with Crippen LogP contribution in [0.5, 0.6) is 0 Å². The lowest BCUT2D eigenvalue weighted by Crippen LogP contribution is -2.32. The van der Waals surface area contributed by atoms with Crippen molar-refractivity contribution in [1.82, 2.24) is 5.32 Å². The van der Waals surface area contributed by atoms with Crippen LogP contribution in [0.25, 0.3) is 0 Å². The van der Waals surface area contributed by atoms with Crippen molar-refractivity contribution in [3.05, 3.63) is 0 Å². The highest BCUT2D eigenvalue weighted by Crippen LogP contribution is 2.20. The second-order valence-corrected chi connectivity index (χ2v) is 4.78. The molecule has 1 aliphatic carbocycles. The van der Waals surface area contributed by atoms with Crippen LogP contribution in [0.4, 0.5) is 0 Å². The van der Waals surface area contributed by atoms with Crippen molar-refractivity contribution in [2.75, 3.05) is 19.7 Å². The van der Waals surface area contributed by atoms with Crippen LogP contribution in [-0.2, 0) is 9.53 Å². The van der Waals surface area contributed by atoms with Gasteiger partial charge in [0.2, 0.25) is 0 Å². The maximum Gasteiger partial charge on any atom is 0.132 e. The Labute approximate surface area is 91.6 Å². The molecule has 0 radical (unpaired) electrons. The van der Waals surface area contributed by atoms with E-state index in [1.54, 1.807) is 0 Å². The second kappa shape index (κ2) is 5.61.